The molecule has 1 unspecified atom stereocenters. The van der Waals surface area contributed by atoms with Gasteiger partial charge in [0.25, 0.3) is 0 Å². The lowest BCUT2D eigenvalue weighted by Gasteiger charge is -2.30. The van der Waals surface area contributed by atoms with E-state index in [4.69, 9.17) is 11.6 Å². The van der Waals surface area contributed by atoms with Crippen LogP contribution in [-0.4, -0.2) is 25.8 Å². The van der Waals surface area contributed by atoms with Gasteiger partial charge >= 0.3 is 0 Å². The van der Waals surface area contributed by atoms with Crippen LogP contribution in [0.3, 0.4) is 0 Å². The van der Waals surface area contributed by atoms with E-state index in [1.54, 1.807) is 22.5 Å². The summed E-state index contributed by atoms with van der Waals surface area (Å²) < 4.78 is 26.6. The molecule has 0 bridgehead atoms. The standard InChI is InChI=1S/C13H18ClNO2S/c1-11-4-3-7-15(10-11)18(16,17)13-6-2-5-12(8-13)9-14/h2,5-6,8,11H,3-4,7,9-10H2,1H3. The summed E-state index contributed by atoms with van der Waals surface area (Å²) in [5.41, 5.74) is 0.836. The van der Waals surface area contributed by atoms with Crippen molar-refractivity contribution in [3.63, 3.8) is 0 Å². The Hall–Kier alpha value is -0.580. The van der Waals surface area contributed by atoms with E-state index in [0.29, 0.717) is 29.8 Å². The fourth-order valence-corrected chi connectivity index (χ4v) is 4.14. The van der Waals surface area contributed by atoms with Gasteiger partial charge in [-0.25, -0.2) is 8.42 Å². The molecule has 1 saturated heterocycles. The molecule has 0 aromatic heterocycles. The number of benzene rings is 1. The van der Waals surface area contributed by atoms with Crippen molar-refractivity contribution in [2.75, 3.05) is 13.1 Å². The molecule has 0 amide bonds. The molecule has 1 fully saturated rings. The highest BCUT2D eigenvalue weighted by Gasteiger charge is 2.28. The van der Waals surface area contributed by atoms with Crippen molar-refractivity contribution in [1.29, 1.82) is 0 Å². The Morgan fingerprint density at radius 3 is 2.89 bits per heavy atom. The molecule has 0 spiro atoms. The molecule has 2 rings (SSSR count). The van der Waals surface area contributed by atoms with Crippen molar-refractivity contribution in [2.24, 2.45) is 5.92 Å². The van der Waals surface area contributed by atoms with Crippen LogP contribution in [-0.2, 0) is 15.9 Å². The van der Waals surface area contributed by atoms with Crippen molar-refractivity contribution in [1.82, 2.24) is 4.31 Å². The number of rotatable bonds is 3. The van der Waals surface area contributed by atoms with Crippen LogP contribution in [0.25, 0.3) is 0 Å². The molecular formula is C13H18ClNO2S. The van der Waals surface area contributed by atoms with Gasteiger partial charge in [-0.1, -0.05) is 19.1 Å². The minimum atomic E-state index is -3.35. The first-order valence-electron chi connectivity index (χ1n) is 6.19. The summed E-state index contributed by atoms with van der Waals surface area (Å²) >= 11 is 5.75. The fourth-order valence-electron chi connectivity index (χ4n) is 2.30. The molecule has 5 heteroatoms. The first-order chi connectivity index (χ1) is 8.54. The molecule has 1 aliphatic heterocycles. The Bertz CT molecular complexity index is 515. The van der Waals surface area contributed by atoms with E-state index < -0.39 is 10.0 Å². The second kappa shape index (κ2) is 5.59. The Morgan fingerprint density at radius 1 is 1.44 bits per heavy atom. The van der Waals surface area contributed by atoms with Gasteiger partial charge in [0.05, 0.1) is 4.90 Å². The summed E-state index contributed by atoms with van der Waals surface area (Å²) in [6.45, 7) is 3.34. The molecular weight excluding hydrogens is 270 g/mol. The molecule has 1 aliphatic rings. The van der Waals surface area contributed by atoms with E-state index in [9.17, 15) is 8.42 Å². The summed E-state index contributed by atoms with van der Waals surface area (Å²) in [5.74, 6) is 0.768. The van der Waals surface area contributed by atoms with E-state index >= 15 is 0 Å². The van der Waals surface area contributed by atoms with E-state index in [0.717, 1.165) is 18.4 Å². The molecule has 1 aromatic carbocycles. The minimum absolute atomic E-state index is 0.333. The van der Waals surface area contributed by atoms with E-state index in [-0.39, 0.29) is 0 Å². The summed E-state index contributed by atoms with van der Waals surface area (Å²) in [6, 6.07) is 6.90. The van der Waals surface area contributed by atoms with Crippen molar-refractivity contribution < 1.29 is 8.42 Å². The maximum atomic E-state index is 12.5. The highest BCUT2D eigenvalue weighted by Crippen LogP contribution is 2.24. The van der Waals surface area contributed by atoms with Gasteiger partial charge in [0.2, 0.25) is 10.0 Å². The zero-order valence-corrected chi connectivity index (χ0v) is 12.0. The van der Waals surface area contributed by atoms with Crippen molar-refractivity contribution in [2.45, 2.75) is 30.5 Å². The summed E-state index contributed by atoms with van der Waals surface area (Å²) in [6.07, 6.45) is 2.04. The largest absolute Gasteiger partial charge is 0.243 e. The van der Waals surface area contributed by atoms with Gasteiger partial charge in [-0.3, -0.25) is 0 Å². The number of halogens is 1. The molecule has 1 heterocycles. The topological polar surface area (TPSA) is 37.4 Å². The average molecular weight is 288 g/mol. The number of hydrogen-bond donors (Lipinski definition) is 0. The lowest BCUT2D eigenvalue weighted by molar-refractivity contribution is 0.281. The lowest BCUT2D eigenvalue weighted by atomic mass is 10.0. The first kappa shape index (κ1) is 13.8. The molecule has 1 atom stereocenters. The summed E-state index contributed by atoms with van der Waals surface area (Å²) in [7, 11) is -3.35. The first-order valence-corrected chi connectivity index (χ1v) is 8.16. The van der Waals surface area contributed by atoms with Crippen molar-refractivity contribution in [3.05, 3.63) is 29.8 Å². The van der Waals surface area contributed by atoms with Gasteiger partial charge in [0, 0.05) is 19.0 Å². The Labute approximate surface area is 114 Å². The highest BCUT2D eigenvalue weighted by atomic mass is 35.5. The normalized spacial score (nSPS) is 22.0. The van der Waals surface area contributed by atoms with Crippen LogP contribution >= 0.6 is 11.6 Å². The number of piperidine rings is 1. The van der Waals surface area contributed by atoms with Crippen LogP contribution < -0.4 is 0 Å². The zero-order valence-electron chi connectivity index (χ0n) is 10.5. The fraction of sp³-hybridized carbons (Fsp3) is 0.538. The molecule has 18 heavy (non-hydrogen) atoms. The number of alkyl halides is 1. The molecule has 0 saturated carbocycles. The van der Waals surface area contributed by atoms with E-state index in [1.807, 2.05) is 6.07 Å². The van der Waals surface area contributed by atoms with E-state index in [2.05, 4.69) is 6.92 Å². The van der Waals surface area contributed by atoms with Gasteiger partial charge in [0.1, 0.15) is 0 Å². The SMILES string of the molecule is CC1CCCN(S(=O)(=O)c2cccc(CCl)c2)C1. The molecule has 100 valence electrons. The predicted molar refractivity (Wildman–Crippen MR) is 73.2 cm³/mol. The zero-order chi connectivity index (χ0) is 13.2. The maximum absolute atomic E-state index is 12.5. The third-order valence-corrected chi connectivity index (χ3v) is 5.48. The monoisotopic (exact) mass is 287 g/mol. The van der Waals surface area contributed by atoms with Crippen LogP contribution in [0, 0.1) is 5.92 Å². The van der Waals surface area contributed by atoms with E-state index in [1.165, 1.54) is 0 Å². The Morgan fingerprint density at radius 2 is 2.22 bits per heavy atom. The van der Waals surface area contributed by atoms with Crippen LogP contribution in [0.1, 0.15) is 25.3 Å². The van der Waals surface area contributed by atoms with Crippen LogP contribution in [0.2, 0.25) is 0 Å². The third kappa shape index (κ3) is 2.87. The number of hydrogen-bond acceptors (Lipinski definition) is 2. The van der Waals surface area contributed by atoms with Gasteiger partial charge in [-0.15, -0.1) is 11.6 Å². The van der Waals surface area contributed by atoms with Gasteiger partial charge in [-0.2, -0.15) is 4.31 Å². The van der Waals surface area contributed by atoms with Gasteiger partial charge in [0.15, 0.2) is 0 Å². The average Bonchev–Trinajstić information content (AvgIpc) is 2.39. The minimum Gasteiger partial charge on any atom is -0.207 e. The van der Waals surface area contributed by atoms with Gasteiger partial charge in [-0.05, 0) is 36.5 Å². The lowest BCUT2D eigenvalue weighted by Crippen LogP contribution is -2.39. The second-order valence-corrected chi connectivity index (χ2v) is 7.10. The maximum Gasteiger partial charge on any atom is 0.243 e. The van der Waals surface area contributed by atoms with Gasteiger partial charge < -0.3 is 0 Å². The Kier molecular flexibility index (Phi) is 4.30. The van der Waals surface area contributed by atoms with Crippen LogP contribution in [0.4, 0.5) is 0 Å². The smallest absolute Gasteiger partial charge is 0.207 e. The molecule has 0 N–H and O–H groups in total. The van der Waals surface area contributed by atoms with Crippen molar-refractivity contribution >= 4 is 21.6 Å². The molecule has 0 radical (unpaired) electrons. The molecule has 1 aromatic rings. The quantitative estimate of drug-likeness (QED) is 0.802. The molecule has 0 aliphatic carbocycles. The summed E-state index contributed by atoms with van der Waals surface area (Å²) in [4.78, 5) is 0.356. The summed E-state index contributed by atoms with van der Waals surface area (Å²) in [5, 5.41) is 0. The van der Waals surface area contributed by atoms with Crippen molar-refractivity contribution in [3.8, 4) is 0 Å². The number of nitrogens with zero attached hydrogens (tertiary/aromatic N) is 1. The number of sulfonamides is 1. The predicted octanol–water partition coefficient (Wildman–Crippen LogP) is 2.85. The third-order valence-electron chi connectivity index (χ3n) is 3.31. The highest BCUT2D eigenvalue weighted by molar-refractivity contribution is 7.89. The Balaban J connectivity index is 2.29. The molecule has 3 nitrogen and oxygen atoms in total. The van der Waals surface area contributed by atoms with Crippen LogP contribution in [0.15, 0.2) is 29.2 Å². The second-order valence-electron chi connectivity index (χ2n) is 4.89. The van der Waals surface area contributed by atoms with Crippen LogP contribution in [0.5, 0.6) is 0 Å².